The number of allylic oxidation sites excluding steroid dienone is 1. The number of benzene rings is 1. The summed E-state index contributed by atoms with van der Waals surface area (Å²) in [5, 5.41) is 6.34. The minimum Gasteiger partial charge on any atom is -0.370 e. The Bertz CT molecular complexity index is 1090. The highest BCUT2D eigenvalue weighted by Gasteiger charge is 2.47. The molecule has 1 aromatic heterocycles. The van der Waals surface area contributed by atoms with Gasteiger partial charge in [-0.05, 0) is 62.5 Å². The first-order chi connectivity index (χ1) is 15.9. The van der Waals surface area contributed by atoms with Crippen molar-refractivity contribution in [1.29, 1.82) is 0 Å². The standard InChI is InChI=1S/C24H30FN7O/c1-31(2)9-10-32-8-7-14-12-17(5-6-19(14)32)28-24-27-13-18(25)23(30-24)29-21-16-4-3-15(11-16)20(21)22(26)33/h3-6,12-13,15-16,20-21H,7-11H2,1-2H3,(H2,26,33)(H2,27,28,29,30). The van der Waals surface area contributed by atoms with Crippen LogP contribution >= 0.6 is 0 Å². The van der Waals surface area contributed by atoms with Crippen LogP contribution in [0.4, 0.5) is 27.5 Å². The minimum atomic E-state index is -0.555. The van der Waals surface area contributed by atoms with Crippen molar-refractivity contribution in [2.75, 3.05) is 49.3 Å². The maximum absolute atomic E-state index is 14.5. The zero-order valence-electron chi connectivity index (χ0n) is 19.0. The van der Waals surface area contributed by atoms with Crippen molar-refractivity contribution in [2.45, 2.75) is 18.9 Å². The second-order valence-corrected chi connectivity index (χ2v) is 9.45. The number of rotatable bonds is 8. The maximum atomic E-state index is 14.5. The molecule has 1 aliphatic heterocycles. The fraction of sp³-hybridized carbons (Fsp3) is 0.458. The van der Waals surface area contributed by atoms with Gasteiger partial charge < -0.3 is 26.2 Å². The molecule has 1 amide bonds. The molecule has 2 heterocycles. The number of nitrogens with zero attached hydrogens (tertiary/aromatic N) is 4. The maximum Gasteiger partial charge on any atom is 0.229 e. The molecule has 2 aliphatic carbocycles. The van der Waals surface area contributed by atoms with Crippen LogP contribution < -0.4 is 21.3 Å². The summed E-state index contributed by atoms with van der Waals surface area (Å²) in [4.78, 5) is 25.0. The Morgan fingerprint density at radius 1 is 1.30 bits per heavy atom. The van der Waals surface area contributed by atoms with Crippen molar-refractivity contribution in [3.63, 3.8) is 0 Å². The lowest BCUT2D eigenvalue weighted by atomic mass is 9.88. The molecule has 1 aromatic carbocycles. The topological polar surface area (TPSA) is 99.4 Å². The lowest BCUT2D eigenvalue weighted by molar-refractivity contribution is -0.122. The van der Waals surface area contributed by atoms with E-state index in [0.29, 0.717) is 5.95 Å². The minimum absolute atomic E-state index is 0.0840. The first kappa shape index (κ1) is 21.6. The smallest absolute Gasteiger partial charge is 0.229 e. The van der Waals surface area contributed by atoms with E-state index in [2.05, 4.69) is 62.7 Å². The van der Waals surface area contributed by atoms with Crippen LogP contribution in [0, 0.1) is 23.6 Å². The molecule has 2 bridgehead atoms. The number of carbonyl (C=O) groups excluding carboxylic acids is 1. The number of hydrogen-bond acceptors (Lipinski definition) is 7. The van der Waals surface area contributed by atoms with Gasteiger partial charge in [-0.1, -0.05) is 12.2 Å². The van der Waals surface area contributed by atoms with Gasteiger partial charge in [-0.25, -0.2) is 9.37 Å². The monoisotopic (exact) mass is 451 g/mol. The molecule has 4 atom stereocenters. The number of likely N-dealkylation sites (N-methyl/N-ethyl adjacent to an activating group) is 1. The lowest BCUT2D eigenvalue weighted by Gasteiger charge is -2.27. The quantitative estimate of drug-likeness (QED) is 0.530. The lowest BCUT2D eigenvalue weighted by Crippen LogP contribution is -2.41. The Morgan fingerprint density at radius 3 is 2.91 bits per heavy atom. The molecule has 8 nitrogen and oxygen atoms in total. The summed E-state index contributed by atoms with van der Waals surface area (Å²) >= 11 is 0. The zero-order chi connectivity index (χ0) is 23.1. The third kappa shape index (κ3) is 4.25. The van der Waals surface area contributed by atoms with Gasteiger partial charge in [-0.3, -0.25) is 4.79 Å². The fourth-order valence-electron chi connectivity index (χ4n) is 5.32. The van der Waals surface area contributed by atoms with E-state index >= 15 is 0 Å². The zero-order valence-corrected chi connectivity index (χ0v) is 19.0. The first-order valence-corrected chi connectivity index (χ1v) is 11.5. The number of fused-ring (bicyclic) bond motifs is 3. The van der Waals surface area contributed by atoms with E-state index in [1.807, 2.05) is 12.1 Å². The first-order valence-electron chi connectivity index (χ1n) is 11.5. The molecular weight excluding hydrogens is 421 g/mol. The largest absolute Gasteiger partial charge is 0.370 e. The molecule has 3 aliphatic rings. The van der Waals surface area contributed by atoms with E-state index in [4.69, 9.17) is 5.73 Å². The number of carbonyl (C=O) groups is 1. The van der Waals surface area contributed by atoms with Gasteiger partial charge in [0, 0.05) is 37.1 Å². The van der Waals surface area contributed by atoms with Crippen molar-refractivity contribution < 1.29 is 9.18 Å². The molecule has 1 fully saturated rings. The SMILES string of the molecule is CN(C)CCN1CCc2cc(Nc3ncc(F)c(NC4C5C=CC(C5)C4C(N)=O)n3)ccc21. The van der Waals surface area contributed by atoms with Gasteiger partial charge in [0.25, 0.3) is 0 Å². The number of halogens is 1. The van der Waals surface area contributed by atoms with Crippen LogP contribution in [0.5, 0.6) is 0 Å². The predicted molar refractivity (Wildman–Crippen MR) is 127 cm³/mol. The van der Waals surface area contributed by atoms with E-state index in [-0.39, 0.29) is 35.5 Å². The molecule has 2 aromatic rings. The fourth-order valence-corrected chi connectivity index (χ4v) is 5.32. The molecule has 33 heavy (non-hydrogen) atoms. The van der Waals surface area contributed by atoms with Gasteiger partial charge in [-0.15, -0.1) is 0 Å². The van der Waals surface area contributed by atoms with Crippen LogP contribution in [-0.2, 0) is 11.2 Å². The van der Waals surface area contributed by atoms with E-state index in [0.717, 1.165) is 44.4 Å². The summed E-state index contributed by atoms with van der Waals surface area (Å²) in [6, 6.07) is 5.95. The van der Waals surface area contributed by atoms with Gasteiger partial charge in [0.2, 0.25) is 11.9 Å². The number of aromatic nitrogens is 2. The Morgan fingerprint density at radius 2 is 2.12 bits per heavy atom. The van der Waals surface area contributed by atoms with Crippen LogP contribution in [0.1, 0.15) is 12.0 Å². The van der Waals surface area contributed by atoms with Gasteiger partial charge in [0.15, 0.2) is 11.6 Å². The van der Waals surface area contributed by atoms with E-state index in [1.165, 1.54) is 11.3 Å². The highest BCUT2D eigenvalue weighted by Crippen LogP contribution is 2.45. The average molecular weight is 452 g/mol. The molecular formula is C24H30FN7O. The van der Waals surface area contributed by atoms with Crippen LogP contribution in [-0.4, -0.2) is 60.5 Å². The normalized spacial score (nSPS) is 25.0. The van der Waals surface area contributed by atoms with E-state index in [9.17, 15) is 9.18 Å². The average Bonchev–Trinajstić information content (AvgIpc) is 3.49. The number of nitrogens with one attached hydrogen (secondary N) is 2. The summed E-state index contributed by atoms with van der Waals surface area (Å²) in [7, 11) is 4.16. The van der Waals surface area contributed by atoms with Crippen molar-refractivity contribution in [3.8, 4) is 0 Å². The van der Waals surface area contributed by atoms with Gasteiger partial charge >= 0.3 is 0 Å². The van der Waals surface area contributed by atoms with Crippen LogP contribution in [0.2, 0.25) is 0 Å². The number of hydrogen-bond donors (Lipinski definition) is 3. The molecule has 0 radical (unpaired) electrons. The van der Waals surface area contributed by atoms with Crippen molar-refractivity contribution in [2.24, 2.45) is 23.5 Å². The summed E-state index contributed by atoms with van der Waals surface area (Å²) < 4.78 is 14.5. The predicted octanol–water partition coefficient (Wildman–Crippen LogP) is 2.37. The Hall–Kier alpha value is -3.20. The summed E-state index contributed by atoms with van der Waals surface area (Å²) in [5.41, 5.74) is 9.02. The molecule has 4 N–H and O–H groups in total. The number of primary amides is 1. The van der Waals surface area contributed by atoms with Gasteiger partial charge in [0.05, 0.1) is 12.1 Å². The van der Waals surface area contributed by atoms with E-state index in [1.54, 1.807) is 0 Å². The van der Waals surface area contributed by atoms with Crippen molar-refractivity contribution in [3.05, 3.63) is 47.9 Å². The Labute approximate surface area is 193 Å². The Kier molecular flexibility index (Phi) is 5.65. The number of anilines is 4. The third-order valence-corrected chi connectivity index (χ3v) is 6.98. The van der Waals surface area contributed by atoms with Gasteiger partial charge in [-0.2, -0.15) is 4.98 Å². The van der Waals surface area contributed by atoms with Gasteiger partial charge in [0.1, 0.15) is 0 Å². The number of nitrogens with two attached hydrogens (primary N) is 1. The van der Waals surface area contributed by atoms with Crippen LogP contribution in [0.25, 0.3) is 0 Å². The summed E-state index contributed by atoms with van der Waals surface area (Å²) in [6.07, 6.45) is 7.10. The number of amides is 1. The summed E-state index contributed by atoms with van der Waals surface area (Å²) in [5.74, 6) is -0.646. The van der Waals surface area contributed by atoms with Crippen molar-refractivity contribution >= 4 is 29.0 Å². The molecule has 5 rings (SSSR count). The molecule has 1 saturated carbocycles. The van der Waals surface area contributed by atoms with Crippen molar-refractivity contribution in [1.82, 2.24) is 14.9 Å². The molecule has 0 saturated heterocycles. The highest BCUT2D eigenvalue weighted by molar-refractivity contribution is 5.79. The highest BCUT2D eigenvalue weighted by atomic mass is 19.1. The molecule has 4 unspecified atom stereocenters. The molecule has 174 valence electrons. The van der Waals surface area contributed by atoms with Crippen LogP contribution in [0.3, 0.4) is 0 Å². The Balaban J connectivity index is 1.30. The third-order valence-electron chi connectivity index (χ3n) is 6.98. The second-order valence-electron chi connectivity index (χ2n) is 9.45. The molecule has 9 heteroatoms. The summed E-state index contributed by atoms with van der Waals surface area (Å²) in [6.45, 7) is 3.01. The van der Waals surface area contributed by atoms with E-state index < -0.39 is 5.82 Å². The molecule has 0 spiro atoms. The second kappa shape index (κ2) is 8.62. The van der Waals surface area contributed by atoms with Crippen LogP contribution in [0.15, 0.2) is 36.5 Å².